The van der Waals surface area contributed by atoms with Gasteiger partial charge in [-0.2, -0.15) is 4.31 Å². The zero-order valence-electron chi connectivity index (χ0n) is 17.2. The molecular weight excluding hydrogens is 390 g/mol. The molecule has 0 saturated heterocycles. The SMILES string of the molecule is CC[C@H](C)NC(=O)CN1C(=O)c2cccc3c(S(=O)(=O)N(CC)CC)ccc1c23. The van der Waals surface area contributed by atoms with Crippen LogP contribution in [0.15, 0.2) is 35.2 Å². The molecular formula is C21H27N3O4S. The maximum Gasteiger partial charge on any atom is 0.259 e. The third-order valence-corrected chi connectivity index (χ3v) is 7.50. The van der Waals surface area contributed by atoms with E-state index in [-0.39, 0.29) is 29.3 Å². The number of nitrogens with one attached hydrogen (secondary N) is 1. The average molecular weight is 418 g/mol. The molecule has 1 N–H and O–H groups in total. The van der Waals surface area contributed by atoms with Gasteiger partial charge in [0.2, 0.25) is 15.9 Å². The van der Waals surface area contributed by atoms with E-state index >= 15 is 0 Å². The maximum absolute atomic E-state index is 13.1. The first kappa shape index (κ1) is 21.3. The first-order chi connectivity index (χ1) is 13.8. The van der Waals surface area contributed by atoms with E-state index in [1.807, 2.05) is 13.8 Å². The fourth-order valence-corrected chi connectivity index (χ4v) is 5.32. The van der Waals surface area contributed by atoms with E-state index < -0.39 is 10.0 Å². The molecule has 0 fully saturated rings. The lowest BCUT2D eigenvalue weighted by Crippen LogP contribution is -2.42. The molecule has 2 aromatic rings. The van der Waals surface area contributed by atoms with Gasteiger partial charge in [0.1, 0.15) is 6.54 Å². The van der Waals surface area contributed by atoms with Crippen LogP contribution in [-0.2, 0) is 14.8 Å². The lowest BCUT2D eigenvalue weighted by molar-refractivity contribution is -0.120. The van der Waals surface area contributed by atoms with Gasteiger partial charge < -0.3 is 5.32 Å². The van der Waals surface area contributed by atoms with Crippen molar-refractivity contribution < 1.29 is 18.0 Å². The lowest BCUT2D eigenvalue weighted by atomic mass is 10.1. The highest BCUT2D eigenvalue weighted by molar-refractivity contribution is 7.89. The zero-order valence-corrected chi connectivity index (χ0v) is 18.0. The van der Waals surface area contributed by atoms with Gasteiger partial charge in [0, 0.05) is 35.5 Å². The molecule has 2 amide bonds. The van der Waals surface area contributed by atoms with Crippen LogP contribution in [0.1, 0.15) is 44.5 Å². The van der Waals surface area contributed by atoms with Crippen molar-refractivity contribution in [2.75, 3.05) is 24.5 Å². The second-order valence-electron chi connectivity index (χ2n) is 7.17. The van der Waals surface area contributed by atoms with Crippen molar-refractivity contribution in [3.05, 3.63) is 35.9 Å². The second kappa shape index (κ2) is 8.12. The van der Waals surface area contributed by atoms with Crippen molar-refractivity contribution in [1.29, 1.82) is 0 Å². The Morgan fingerprint density at radius 2 is 1.83 bits per heavy atom. The molecule has 2 aromatic carbocycles. The lowest BCUT2D eigenvalue weighted by Gasteiger charge is -2.21. The highest BCUT2D eigenvalue weighted by Crippen LogP contribution is 2.40. The van der Waals surface area contributed by atoms with Gasteiger partial charge in [0.15, 0.2) is 0 Å². The first-order valence-corrected chi connectivity index (χ1v) is 11.4. The van der Waals surface area contributed by atoms with Crippen LogP contribution in [0.25, 0.3) is 10.8 Å². The second-order valence-corrected chi connectivity index (χ2v) is 9.07. The van der Waals surface area contributed by atoms with E-state index in [2.05, 4.69) is 5.32 Å². The minimum absolute atomic E-state index is 0.0178. The van der Waals surface area contributed by atoms with Crippen LogP contribution in [0.4, 0.5) is 5.69 Å². The largest absolute Gasteiger partial charge is 0.352 e. The maximum atomic E-state index is 13.1. The molecule has 0 bridgehead atoms. The van der Waals surface area contributed by atoms with E-state index in [0.717, 1.165) is 6.42 Å². The molecule has 3 rings (SSSR count). The Balaban J connectivity index is 2.08. The van der Waals surface area contributed by atoms with Crippen molar-refractivity contribution in [3.8, 4) is 0 Å². The van der Waals surface area contributed by atoms with Gasteiger partial charge in [0.05, 0.1) is 10.6 Å². The summed E-state index contributed by atoms with van der Waals surface area (Å²) in [6.45, 7) is 8.09. The van der Waals surface area contributed by atoms with Crippen LogP contribution in [0.5, 0.6) is 0 Å². The van der Waals surface area contributed by atoms with Crippen molar-refractivity contribution in [2.24, 2.45) is 0 Å². The number of amides is 2. The van der Waals surface area contributed by atoms with E-state index in [4.69, 9.17) is 0 Å². The van der Waals surface area contributed by atoms with E-state index in [0.29, 0.717) is 35.1 Å². The van der Waals surface area contributed by atoms with E-state index in [1.54, 1.807) is 38.1 Å². The number of carbonyl (C=O) groups is 2. The highest BCUT2D eigenvalue weighted by atomic mass is 32.2. The van der Waals surface area contributed by atoms with Crippen LogP contribution in [0.2, 0.25) is 0 Å². The Hall–Kier alpha value is -2.45. The first-order valence-electron chi connectivity index (χ1n) is 9.93. The number of benzene rings is 2. The Morgan fingerprint density at radius 3 is 2.45 bits per heavy atom. The van der Waals surface area contributed by atoms with Gasteiger partial charge >= 0.3 is 0 Å². The van der Waals surface area contributed by atoms with Gasteiger partial charge in [-0.15, -0.1) is 0 Å². The van der Waals surface area contributed by atoms with Crippen LogP contribution < -0.4 is 10.2 Å². The van der Waals surface area contributed by atoms with Gasteiger partial charge in [-0.05, 0) is 31.5 Å². The van der Waals surface area contributed by atoms with E-state index in [1.165, 1.54) is 15.3 Å². The summed E-state index contributed by atoms with van der Waals surface area (Å²) in [4.78, 5) is 26.9. The molecule has 0 unspecified atom stereocenters. The quantitative estimate of drug-likeness (QED) is 0.716. The number of hydrogen-bond acceptors (Lipinski definition) is 4. The number of rotatable bonds is 8. The summed E-state index contributed by atoms with van der Waals surface area (Å²) in [7, 11) is -3.69. The highest BCUT2D eigenvalue weighted by Gasteiger charge is 2.34. The van der Waals surface area contributed by atoms with Crippen LogP contribution >= 0.6 is 0 Å². The molecule has 7 nitrogen and oxygen atoms in total. The molecule has 0 aromatic heterocycles. The predicted octanol–water partition coefficient (Wildman–Crippen LogP) is 2.75. The number of sulfonamides is 1. The Kier molecular flexibility index (Phi) is 5.95. The Morgan fingerprint density at radius 1 is 1.14 bits per heavy atom. The van der Waals surface area contributed by atoms with Crippen LogP contribution in [0, 0.1) is 0 Å². The summed E-state index contributed by atoms with van der Waals surface area (Å²) in [5.41, 5.74) is 0.990. The minimum Gasteiger partial charge on any atom is -0.352 e. The zero-order chi connectivity index (χ0) is 21.3. The summed E-state index contributed by atoms with van der Waals surface area (Å²) >= 11 is 0. The number of anilines is 1. The number of carbonyl (C=O) groups excluding carboxylic acids is 2. The smallest absolute Gasteiger partial charge is 0.259 e. The van der Waals surface area contributed by atoms with Crippen LogP contribution in [-0.4, -0.2) is 50.2 Å². The predicted molar refractivity (Wildman–Crippen MR) is 114 cm³/mol. The third-order valence-electron chi connectivity index (χ3n) is 5.39. The fourth-order valence-electron chi connectivity index (χ4n) is 3.67. The molecule has 0 saturated carbocycles. The summed E-state index contributed by atoms with van der Waals surface area (Å²) < 4.78 is 27.6. The third kappa shape index (κ3) is 3.62. The molecule has 156 valence electrons. The molecule has 0 radical (unpaired) electrons. The van der Waals surface area contributed by atoms with Crippen LogP contribution in [0.3, 0.4) is 0 Å². The number of hydrogen-bond donors (Lipinski definition) is 1. The molecule has 1 aliphatic rings. The molecule has 0 spiro atoms. The van der Waals surface area contributed by atoms with Gasteiger partial charge in [-0.1, -0.05) is 32.9 Å². The molecule has 1 aliphatic heterocycles. The van der Waals surface area contributed by atoms with Gasteiger partial charge in [-0.25, -0.2) is 8.42 Å². The molecule has 1 heterocycles. The van der Waals surface area contributed by atoms with Gasteiger partial charge in [-0.3, -0.25) is 14.5 Å². The standard InChI is InChI=1S/C21H27N3O4S/c1-5-14(4)22-19(25)13-24-17-11-12-18(29(27,28)23(6-2)7-3)15-9-8-10-16(20(15)17)21(24)26/h8-12,14H,5-7,13H2,1-4H3,(H,22,25)/t14-/m0/s1. The molecule has 29 heavy (non-hydrogen) atoms. The van der Waals surface area contributed by atoms with Crippen molar-refractivity contribution >= 4 is 38.3 Å². The fraction of sp³-hybridized carbons (Fsp3) is 0.429. The monoisotopic (exact) mass is 417 g/mol. The van der Waals surface area contributed by atoms with Crippen molar-refractivity contribution in [3.63, 3.8) is 0 Å². The van der Waals surface area contributed by atoms with E-state index in [9.17, 15) is 18.0 Å². The van der Waals surface area contributed by atoms with Crippen molar-refractivity contribution in [2.45, 2.75) is 45.1 Å². The average Bonchev–Trinajstić information content (AvgIpc) is 2.96. The summed E-state index contributed by atoms with van der Waals surface area (Å²) in [6.07, 6.45) is 0.794. The molecule has 1 atom stereocenters. The summed E-state index contributed by atoms with van der Waals surface area (Å²) in [5.74, 6) is -0.532. The summed E-state index contributed by atoms with van der Waals surface area (Å²) in [5, 5.41) is 3.96. The normalized spacial score (nSPS) is 14.7. The number of nitrogens with zero attached hydrogens (tertiary/aromatic N) is 2. The molecule has 8 heteroatoms. The van der Waals surface area contributed by atoms with Gasteiger partial charge in [0.25, 0.3) is 5.91 Å². The minimum atomic E-state index is -3.69. The molecule has 0 aliphatic carbocycles. The van der Waals surface area contributed by atoms with Crippen molar-refractivity contribution in [1.82, 2.24) is 9.62 Å². The summed E-state index contributed by atoms with van der Waals surface area (Å²) in [6, 6.07) is 8.26. The Bertz CT molecular complexity index is 1060. The Labute approximate surface area is 171 Å². The topological polar surface area (TPSA) is 86.8 Å².